The first-order valence-electron chi connectivity index (χ1n) is 6.69. The topological polar surface area (TPSA) is 74.5 Å². The van der Waals surface area contributed by atoms with Crippen LogP contribution in [0, 0.1) is 5.82 Å². The molecule has 22 heavy (non-hydrogen) atoms. The summed E-state index contributed by atoms with van der Waals surface area (Å²) < 4.78 is 18.0. The van der Waals surface area contributed by atoms with Gasteiger partial charge in [0.05, 0.1) is 17.0 Å². The summed E-state index contributed by atoms with van der Waals surface area (Å²) in [7, 11) is 0. The summed E-state index contributed by atoms with van der Waals surface area (Å²) in [6, 6.07) is 6.23. The molecule has 1 heterocycles. The average molecular weight is 327 g/mol. The first-order chi connectivity index (χ1) is 10.5. The van der Waals surface area contributed by atoms with Gasteiger partial charge in [-0.2, -0.15) is 0 Å². The van der Waals surface area contributed by atoms with Crippen molar-refractivity contribution in [1.82, 2.24) is 5.32 Å². The number of aliphatic hydroxyl groups excluding tert-OH is 1. The summed E-state index contributed by atoms with van der Waals surface area (Å²) >= 11 is 5.83. The summed E-state index contributed by atoms with van der Waals surface area (Å²) in [5, 5.41) is 15.2. The quantitative estimate of drug-likeness (QED) is 0.784. The molecule has 0 saturated heterocycles. The van der Waals surface area contributed by atoms with E-state index in [1.165, 1.54) is 18.4 Å². The molecule has 2 amide bonds. The van der Waals surface area contributed by atoms with E-state index in [0.717, 1.165) is 6.07 Å². The zero-order chi connectivity index (χ0) is 16.1. The molecule has 1 aromatic carbocycles. The van der Waals surface area contributed by atoms with Crippen LogP contribution in [0.15, 0.2) is 41.0 Å². The zero-order valence-corrected chi connectivity index (χ0v) is 12.6. The second-order valence-corrected chi connectivity index (χ2v) is 5.30. The van der Waals surface area contributed by atoms with E-state index in [9.17, 15) is 14.3 Å². The van der Waals surface area contributed by atoms with Crippen molar-refractivity contribution < 1.29 is 18.7 Å². The average Bonchev–Trinajstić information content (AvgIpc) is 2.95. The van der Waals surface area contributed by atoms with E-state index in [1.54, 1.807) is 19.1 Å². The van der Waals surface area contributed by atoms with Crippen molar-refractivity contribution in [2.45, 2.75) is 25.5 Å². The van der Waals surface area contributed by atoms with Gasteiger partial charge in [0.15, 0.2) is 0 Å². The number of carbonyl (C=O) groups is 1. The van der Waals surface area contributed by atoms with Crippen molar-refractivity contribution in [2.24, 2.45) is 0 Å². The van der Waals surface area contributed by atoms with Crippen LogP contribution in [0.4, 0.5) is 14.9 Å². The summed E-state index contributed by atoms with van der Waals surface area (Å²) in [6.07, 6.45) is 0.956. The van der Waals surface area contributed by atoms with Gasteiger partial charge in [0.1, 0.15) is 17.7 Å². The Kier molecular flexibility index (Phi) is 5.41. The van der Waals surface area contributed by atoms with Crippen LogP contribution in [0.3, 0.4) is 0 Å². The lowest BCUT2D eigenvalue weighted by Crippen LogP contribution is -2.37. The number of aliphatic hydroxyl groups is 1. The van der Waals surface area contributed by atoms with Crippen LogP contribution in [0.2, 0.25) is 5.02 Å². The molecule has 2 atom stereocenters. The maximum absolute atomic E-state index is 12.9. The lowest BCUT2D eigenvalue weighted by atomic mass is 10.1. The number of hydrogen-bond acceptors (Lipinski definition) is 3. The molecule has 0 radical (unpaired) electrons. The number of halogens is 2. The molecular weight excluding hydrogens is 311 g/mol. The maximum Gasteiger partial charge on any atom is 0.319 e. The minimum atomic E-state index is -0.806. The number of hydrogen-bond donors (Lipinski definition) is 3. The van der Waals surface area contributed by atoms with E-state index >= 15 is 0 Å². The monoisotopic (exact) mass is 326 g/mol. The summed E-state index contributed by atoms with van der Waals surface area (Å²) in [5.41, 5.74) is 0.305. The van der Waals surface area contributed by atoms with Crippen LogP contribution in [-0.2, 0) is 0 Å². The highest BCUT2D eigenvalue weighted by Crippen LogP contribution is 2.22. The van der Waals surface area contributed by atoms with Gasteiger partial charge in [-0.15, -0.1) is 0 Å². The number of amides is 2. The molecule has 3 N–H and O–H groups in total. The predicted molar refractivity (Wildman–Crippen MR) is 81.3 cm³/mol. The molecule has 0 aliphatic heterocycles. The van der Waals surface area contributed by atoms with Crippen molar-refractivity contribution in [3.63, 3.8) is 0 Å². The van der Waals surface area contributed by atoms with Crippen LogP contribution < -0.4 is 10.6 Å². The van der Waals surface area contributed by atoms with Gasteiger partial charge in [-0.3, -0.25) is 0 Å². The number of benzene rings is 1. The molecule has 0 aliphatic carbocycles. The fraction of sp³-hybridized carbons (Fsp3) is 0.267. The number of carbonyl (C=O) groups excluding carboxylic acids is 1. The second kappa shape index (κ2) is 7.29. The van der Waals surface area contributed by atoms with Gasteiger partial charge < -0.3 is 20.2 Å². The van der Waals surface area contributed by atoms with Gasteiger partial charge >= 0.3 is 6.03 Å². The summed E-state index contributed by atoms with van der Waals surface area (Å²) in [5.74, 6) is -0.0402. The third kappa shape index (κ3) is 4.47. The lowest BCUT2D eigenvalue weighted by Gasteiger charge is -2.17. The number of urea groups is 1. The highest BCUT2D eigenvalue weighted by Gasteiger charge is 2.16. The number of anilines is 1. The summed E-state index contributed by atoms with van der Waals surface area (Å²) in [6.45, 7) is 1.75. The molecule has 2 aromatic rings. The maximum atomic E-state index is 12.9. The Balaban J connectivity index is 1.86. The molecular formula is C15H16ClFN2O3. The number of rotatable bonds is 5. The van der Waals surface area contributed by atoms with Gasteiger partial charge in [0.25, 0.3) is 0 Å². The van der Waals surface area contributed by atoms with Gasteiger partial charge in [-0.1, -0.05) is 11.6 Å². The van der Waals surface area contributed by atoms with Crippen molar-refractivity contribution >= 4 is 23.3 Å². The normalized spacial score (nSPS) is 13.5. The fourth-order valence-corrected chi connectivity index (χ4v) is 2.18. The van der Waals surface area contributed by atoms with E-state index in [1.807, 2.05) is 0 Å². The fourth-order valence-electron chi connectivity index (χ4n) is 1.96. The van der Waals surface area contributed by atoms with Gasteiger partial charge in [0, 0.05) is 12.5 Å². The third-order valence-corrected chi connectivity index (χ3v) is 3.32. The first kappa shape index (κ1) is 16.3. The Labute approximate surface area is 132 Å². The van der Waals surface area contributed by atoms with E-state index in [0.29, 0.717) is 11.4 Å². The molecule has 118 valence electrons. The Morgan fingerprint density at radius 1 is 1.45 bits per heavy atom. The molecule has 0 fully saturated rings. The molecule has 0 saturated carbocycles. The van der Waals surface area contributed by atoms with Gasteiger partial charge in [0.2, 0.25) is 0 Å². The molecule has 1 aromatic heterocycles. The standard InChI is InChI=1S/C15H16ClFN2O3/c1-9(7-13(20)14-3-2-6-22-14)18-15(21)19-12-5-4-10(17)8-11(12)16/h2-6,8-9,13,20H,7H2,1H3,(H2,18,19,21). The van der Waals surface area contributed by atoms with Gasteiger partial charge in [-0.05, 0) is 37.3 Å². The lowest BCUT2D eigenvalue weighted by molar-refractivity contribution is 0.130. The predicted octanol–water partition coefficient (Wildman–Crippen LogP) is 3.71. The number of furan rings is 1. The van der Waals surface area contributed by atoms with Crippen LogP contribution in [0.25, 0.3) is 0 Å². The molecule has 0 aliphatic rings. The van der Waals surface area contributed by atoms with Crippen molar-refractivity contribution in [2.75, 3.05) is 5.32 Å². The van der Waals surface area contributed by atoms with Crippen molar-refractivity contribution in [3.8, 4) is 0 Å². The minimum absolute atomic E-state index is 0.110. The molecule has 2 unspecified atom stereocenters. The Morgan fingerprint density at radius 2 is 2.23 bits per heavy atom. The molecule has 0 bridgehead atoms. The first-order valence-corrected chi connectivity index (χ1v) is 7.07. The Hall–Kier alpha value is -2.05. The SMILES string of the molecule is CC(CC(O)c1ccco1)NC(=O)Nc1ccc(F)cc1Cl. The van der Waals surface area contributed by atoms with Crippen LogP contribution in [0.5, 0.6) is 0 Å². The van der Waals surface area contributed by atoms with E-state index in [2.05, 4.69) is 10.6 Å². The smallest absolute Gasteiger partial charge is 0.319 e. The molecule has 2 rings (SSSR count). The minimum Gasteiger partial charge on any atom is -0.467 e. The van der Waals surface area contributed by atoms with Crippen molar-refractivity contribution in [3.05, 3.63) is 53.2 Å². The van der Waals surface area contributed by atoms with E-state index in [-0.39, 0.29) is 17.5 Å². The Bertz CT molecular complexity index is 634. The number of nitrogens with one attached hydrogen (secondary N) is 2. The highest BCUT2D eigenvalue weighted by atomic mass is 35.5. The van der Waals surface area contributed by atoms with Crippen LogP contribution >= 0.6 is 11.6 Å². The third-order valence-electron chi connectivity index (χ3n) is 3.01. The highest BCUT2D eigenvalue weighted by molar-refractivity contribution is 6.33. The van der Waals surface area contributed by atoms with Gasteiger partial charge in [-0.25, -0.2) is 9.18 Å². The van der Waals surface area contributed by atoms with Crippen LogP contribution in [0.1, 0.15) is 25.2 Å². The summed E-state index contributed by atoms with van der Waals surface area (Å²) in [4.78, 5) is 11.8. The second-order valence-electron chi connectivity index (χ2n) is 4.89. The molecule has 0 spiro atoms. The van der Waals surface area contributed by atoms with Crippen molar-refractivity contribution in [1.29, 1.82) is 0 Å². The molecule has 5 nitrogen and oxygen atoms in total. The van der Waals surface area contributed by atoms with E-state index in [4.69, 9.17) is 16.0 Å². The Morgan fingerprint density at radius 3 is 2.86 bits per heavy atom. The zero-order valence-electron chi connectivity index (χ0n) is 11.8. The largest absolute Gasteiger partial charge is 0.467 e. The van der Waals surface area contributed by atoms with E-state index < -0.39 is 18.0 Å². The molecule has 7 heteroatoms. The van der Waals surface area contributed by atoms with Crippen LogP contribution in [-0.4, -0.2) is 17.2 Å².